The summed E-state index contributed by atoms with van der Waals surface area (Å²) in [6.45, 7) is 0. The lowest BCUT2D eigenvalue weighted by molar-refractivity contribution is 0.0652. The monoisotopic (exact) mass is 482 g/mol. The normalized spacial score (nSPS) is 10.6. The highest BCUT2D eigenvalue weighted by molar-refractivity contribution is 6.07. The molecule has 8 heteroatoms. The number of hydrogen-bond acceptors (Lipinski definition) is 4. The summed E-state index contributed by atoms with van der Waals surface area (Å²) in [6.07, 6.45) is 0. The maximum absolute atomic E-state index is 11.7. The smallest absolute Gasteiger partial charge is 0.337 e. The fourth-order valence-electron chi connectivity index (χ4n) is 4.09. The van der Waals surface area contributed by atoms with Gasteiger partial charge in [-0.25, -0.2) is 19.2 Å². The third-order valence-electron chi connectivity index (χ3n) is 5.74. The first-order chi connectivity index (χ1) is 17.2. The number of benzene rings is 4. The average Bonchev–Trinajstić information content (AvgIpc) is 2.87. The Morgan fingerprint density at radius 2 is 0.694 bits per heavy atom. The summed E-state index contributed by atoms with van der Waals surface area (Å²) in [4.78, 5) is 46.4. The van der Waals surface area contributed by atoms with E-state index in [-0.39, 0.29) is 33.4 Å². The van der Waals surface area contributed by atoms with Gasteiger partial charge in [0.25, 0.3) is 0 Å². The molecule has 0 aliphatic rings. The van der Waals surface area contributed by atoms with Crippen LogP contribution in [-0.2, 0) is 0 Å². The number of hydrogen-bond donors (Lipinski definition) is 4. The van der Waals surface area contributed by atoms with E-state index in [0.717, 1.165) is 11.1 Å². The van der Waals surface area contributed by atoms with Crippen LogP contribution in [0.3, 0.4) is 0 Å². The van der Waals surface area contributed by atoms with Crippen molar-refractivity contribution in [3.8, 4) is 33.4 Å². The highest BCUT2D eigenvalue weighted by Crippen LogP contribution is 2.32. The maximum atomic E-state index is 11.7. The van der Waals surface area contributed by atoms with Gasteiger partial charge in [0.05, 0.1) is 22.3 Å². The zero-order valence-corrected chi connectivity index (χ0v) is 18.5. The minimum absolute atomic E-state index is 0.281. The Hall–Kier alpha value is -5.24. The highest BCUT2D eigenvalue weighted by atomic mass is 16.4. The summed E-state index contributed by atoms with van der Waals surface area (Å²) in [5, 5.41) is 37.9. The lowest BCUT2D eigenvalue weighted by Gasteiger charge is -2.11. The Balaban J connectivity index is 1.69. The average molecular weight is 482 g/mol. The van der Waals surface area contributed by atoms with Gasteiger partial charge in [-0.05, 0) is 45.5 Å². The van der Waals surface area contributed by atoms with Gasteiger partial charge in [0.1, 0.15) is 0 Å². The summed E-state index contributed by atoms with van der Waals surface area (Å²) in [5.41, 5.74) is 2.02. The Morgan fingerprint density at radius 3 is 0.972 bits per heavy atom. The molecule has 0 fully saturated rings. The van der Waals surface area contributed by atoms with Crippen molar-refractivity contribution in [1.29, 1.82) is 0 Å². The molecule has 0 amide bonds. The lowest BCUT2D eigenvalue weighted by Crippen LogP contribution is -2.09. The molecule has 36 heavy (non-hydrogen) atoms. The summed E-state index contributed by atoms with van der Waals surface area (Å²) < 4.78 is 0. The second-order valence-electron chi connectivity index (χ2n) is 7.83. The van der Waals surface area contributed by atoms with Crippen LogP contribution in [0.4, 0.5) is 0 Å². The van der Waals surface area contributed by atoms with Gasteiger partial charge < -0.3 is 20.4 Å². The number of carboxylic acid groups (broad SMARTS) is 4. The Labute approximate surface area is 204 Å². The van der Waals surface area contributed by atoms with Crippen LogP contribution in [0.5, 0.6) is 0 Å². The van der Waals surface area contributed by atoms with E-state index in [1.807, 2.05) is 0 Å². The van der Waals surface area contributed by atoms with Crippen LogP contribution >= 0.6 is 0 Å². The molecule has 4 rings (SSSR count). The van der Waals surface area contributed by atoms with E-state index in [4.69, 9.17) is 0 Å². The van der Waals surface area contributed by atoms with Gasteiger partial charge >= 0.3 is 23.9 Å². The van der Waals surface area contributed by atoms with Gasteiger partial charge in [-0.1, -0.05) is 72.8 Å². The van der Waals surface area contributed by atoms with Crippen molar-refractivity contribution in [2.45, 2.75) is 0 Å². The summed E-state index contributed by atoms with van der Waals surface area (Å²) in [5.74, 6) is -5.33. The first-order valence-electron chi connectivity index (χ1n) is 10.6. The van der Waals surface area contributed by atoms with Crippen LogP contribution in [0.1, 0.15) is 41.4 Å². The molecule has 0 saturated heterocycles. The van der Waals surface area contributed by atoms with E-state index < -0.39 is 23.9 Å². The highest BCUT2D eigenvalue weighted by Gasteiger charge is 2.22. The Kier molecular flexibility index (Phi) is 6.34. The summed E-state index contributed by atoms with van der Waals surface area (Å²) in [6, 6.07) is 22.4. The quantitative estimate of drug-likeness (QED) is 0.270. The van der Waals surface area contributed by atoms with Crippen molar-refractivity contribution < 1.29 is 39.6 Å². The predicted octanol–water partition coefficient (Wildman–Crippen LogP) is 5.48. The minimum atomic E-state index is -1.34. The fraction of sp³-hybridized carbons (Fsp3) is 0. The molecule has 0 spiro atoms. The van der Waals surface area contributed by atoms with E-state index in [1.54, 1.807) is 60.7 Å². The Bertz CT molecular complexity index is 1400. The zero-order valence-electron chi connectivity index (χ0n) is 18.5. The van der Waals surface area contributed by atoms with Gasteiger partial charge in [-0.3, -0.25) is 0 Å². The van der Waals surface area contributed by atoms with Crippen molar-refractivity contribution in [2.75, 3.05) is 0 Å². The molecule has 0 bridgehead atoms. The van der Waals surface area contributed by atoms with Gasteiger partial charge in [0.2, 0.25) is 0 Å². The SMILES string of the molecule is O=C(O)c1cccc(-c2ccc(-c3ccc(-c4cccc(C(=O)O)c4C(=O)O)cc3)cc2)c1C(=O)O. The lowest BCUT2D eigenvalue weighted by atomic mass is 9.92. The molecule has 0 aromatic heterocycles. The molecule has 0 unspecified atom stereocenters. The van der Waals surface area contributed by atoms with Gasteiger partial charge in [-0.2, -0.15) is 0 Å². The third-order valence-corrected chi connectivity index (χ3v) is 5.74. The van der Waals surface area contributed by atoms with Crippen molar-refractivity contribution in [2.24, 2.45) is 0 Å². The molecule has 178 valence electrons. The number of carbonyl (C=O) groups is 4. The van der Waals surface area contributed by atoms with E-state index in [2.05, 4.69) is 0 Å². The molecule has 4 aromatic carbocycles. The molecule has 4 aromatic rings. The summed E-state index contributed by atoms with van der Waals surface area (Å²) in [7, 11) is 0. The molecular formula is C28H18O8. The van der Waals surface area contributed by atoms with E-state index in [0.29, 0.717) is 11.1 Å². The number of rotatable bonds is 7. The van der Waals surface area contributed by atoms with Crippen LogP contribution in [0, 0.1) is 0 Å². The van der Waals surface area contributed by atoms with E-state index >= 15 is 0 Å². The summed E-state index contributed by atoms with van der Waals surface area (Å²) >= 11 is 0. The molecule has 0 aliphatic heterocycles. The van der Waals surface area contributed by atoms with Gasteiger partial charge in [0, 0.05) is 0 Å². The van der Waals surface area contributed by atoms with Crippen LogP contribution in [0.2, 0.25) is 0 Å². The van der Waals surface area contributed by atoms with Crippen molar-refractivity contribution in [3.05, 3.63) is 107 Å². The first kappa shape index (κ1) is 23.9. The number of aromatic carboxylic acids is 4. The maximum Gasteiger partial charge on any atom is 0.337 e. The van der Waals surface area contributed by atoms with Crippen molar-refractivity contribution in [3.63, 3.8) is 0 Å². The van der Waals surface area contributed by atoms with E-state index in [1.165, 1.54) is 24.3 Å². The molecule has 8 nitrogen and oxygen atoms in total. The van der Waals surface area contributed by atoms with Crippen LogP contribution in [0.15, 0.2) is 84.9 Å². The molecule has 0 atom stereocenters. The molecule has 0 aliphatic carbocycles. The second kappa shape index (κ2) is 9.55. The van der Waals surface area contributed by atoms with Gasteiger partial charge in [-0.15, -0.1) is 0 Å². The predicted molar refractivity (Wildman–Crippen MR) is 131 cm³/mol. The molecular weight excluding hydrogens is 464 g/mol. The molecule has 0 radical (unpaired) electrons. The first-order valence-corrected chi connectivity index (χ1v) is 10.6. The fourth-order valence-corrected chi connectivity index (χ4v) is 4.09. The molecule has 0 heterocycles. The van der Waals surface area contributed by atoms with E-state index in [9.17, 15) is 39.6 Å². The molecule has 4 N–H and O–H groups in total. The Morgan fingerprint density at radius 1 is 0.389 bits per heavy atom. The van der Waals surface area contributed by atoms with Crippen LogP contribution < -0.4 is 0 Å². The largest absolute Gasteiger partial charge is 0.478 e. The van der Waals surface area contributed by atoms with Gasteiger partial charge in [0.15, 0.2) is 0 Å². The van der Waals surface area contributed by atoms with Crippen LogP contribution in [-0.4, -0.2) is 44.3 Å². The zero-order chi connectivity index (χ0) is 26.0. The number of carboxylic acids is 4. The topological polar surface area (TPSA) is 149 Å². The second-order valence-corrected chi connectivity index (χ2v) is 7.83. The van der Waals surface area contributed by atoms with Crippen molar-refractivity contribution in [1.82, 2.24) is 0 Å². The minimum Gasteiger partial charge on any atom is -0.478 e. The standard InChI is InChI=1S/C28H18O8/c29-25(30)21-5-1-3-19(23(21)27(33)34)17-11-7-15(8-12-17)16-9-13-18(14-10-16)20-4-2-6-22(26(31)32)24(20)28(35)36/h1-14H,(H,29,30)(H,31,32)(H,33,34)(H,35,36). The van der Waals surface area contributed by atoms with Crippen molar-refractivity contribution >= 4 is 23.9 Å². The third kappa shape index (κ3) is 4.43. The molecule has 0 saturated carbocycles. The van der Waals surface area contributed by atoms with Crippen LogP contribution in [0.25, 0.3) is 33.4 Å².